The zero-order chi connectivity index (χ0) is 21.8. The van der Waals surface area contributed by atoms with Gasteiger partial charge in [-0.05, 0) is 44.1 Å². The van der Waals surface area contributed by atoms with Crippen LogP contribution in [-0.2, 0) is 14.4 Å². The topological polar surface area (TPSA) is 136 Å². The molecule has 0 spiro atoms. The molecule has 4 rings (SSSR count). The van der Waals surface area contributed by atoms with Crippen LogP contribution >= 0.6 is 23.5 Å². The van der Waals surface area contributed by atoms with Crippen LogP contribution in [0.2, 0.25) is 0 Å². The number of carbonyl (C=O) groups excluding carboxylic acids is 3. The molecule has 0 aliphatic carbocycles. The maximum atomic E-state index is 13.3. The fourth-order valence-corrected chi connectivity index (χ4v) is 7.64. The van der Waals surface area contributed by atoms with E-state index >= 15 is 0 Å². The number of nitrogen functional groups attached to an aromatic ring is 1. The number of carboxylic acids is 1. The van der Waals surface area contributed by atoms with Crippen LogP contribution < -0.4 is 45.7 Å². The molecular weight excluding hydrogens is 449 g/mol. The first-order valence-corrected chi connectivity index (χ1v) is 11.8. The van der Waals surface area contributed by atoms with Crippen LogP contribution in [0, 0.1) is 0 Å². The maximum Gasteiger partial charge on any atom is 1.00 e. The molecule has 2 amide bonds. The average Bonchev–Trinajstić information content (AvgIpc) is 3.26. The molecule has 11 heteroatoms. The Hall–Kier alpha value is -1.07. The molecule has 1 aromatic rings. The van der Waals surface area contributed by atoms with Crippen LogP contribution in [0.25, 0.3) is 0 Å². The molecular formula is C20H24N3NaO5S2. The number of anilines is 1. The van der Waals surface area contributed by atoms with Crippen molar-refractivity contribution in [3.8, 4) is 5.75 Å². The number of phenols is 1. The van der Waals surface area contributed by atoms with E-state index in [0.717, 1.165) is 18.6 Å². The molecule has 0 bridgehead atoms. The number of phenolic OH excluding ortho intramolecular Hbond substituents is 1. The number of benzene rings is 1. The summed E-state index contributed by atoms with van der Waals surface area (Å²) in [6.45, 7) is 3.52. The van der Waals surface area contributed by atoms with E-state index in [4.69, 9.17) is 5.73 Å². The van der Waals surface area contributed by atoms with Crippen molar-refractivity contribution in [1.29, 1.82) is 0 Å². The Balaban J connectivity index is 0.00000272. The number of carbonyl (C=O) groups is 3. The van der Waals surface area contributed by atoms with E-state index in [2.05, 4.69) is 5.32 Å². The zero-order valence-corrected chi connectivity index (χ0v) is 21.3. The summed E-state index contributed by atoms with van der Waals surface area (Å²) in [7, 11) is 0. The van der Waals surface area contributed by atoms with Gasteiger partial charge in [-0.2, -0.15) is 11.8 Å². The van der Waals surface area contributed by atoms with E-state index in [1.54, 1.807) is 31.7 Å². The number of nitrogens with two attached hydrogens (primary N) is 1. The largest absolute Gasteiger partial charge is 1.00 e. The van der Waals surface area contributed by atoms with Crippen LogP contribution in [0.15, 0.2) is 18.2 Å². The number of rotatable bonds is 5. The number of aliphatic carboxylic acids is 1. The molecule has 8 nitrogen and oxygen atoms in total. The van der Waals surface area contributed by atoms with E-state index in [9.17, 15) is 24.6 Å². The summed E-state index contributed by atoms with van der Waals surface area (Å²) in [5.74, 6) is -1.58. The van der Waals surface area contributed by atoms with E-state index in [1.165, 1.54) is 28.8 Å². The minimum Gasteiger partial charge on any atom is -0.548 e. The summed E-state index contributed by atoms with van der Waals surface area (Å²) in [6, 6.07) is 2.77. The molecule has 162 valence electrons. The molecule has 1 aromatic carbocycles. The predicted octanol–water partition coefficient (Wildman–Crippen LogP) is -2.75. The van der Waals surface area contributed by atoms with Gasteiger partial charge in [-0.1, -0.05) is 6.07 Å². The molecule has 3 aliphatic heterocycles. The van der Waals surface area contributed by atoms with Crippen LogP contribution in [-0.4, -0.2) is 61.0 Å². The summed E-state index contributed by atoms with van der Waals surface area (Å²) in [5, 5.41) is 23.7. The van der Waals surface area contributed by atoms with Gasteiger partial charge in [-0.15, -0.1) is 11.8 Å². The Bertz CT molecular complexity index is 909. The van der Waals surface area contributed by atoms with Crippen molar-refractivity contribution >= 4 is 47.0 Å². The Morgan fingerprint density at radius 2 is 2.10 bits per heavy atom. The summed E-state index contributed by atoms with van der Waals surface area (Å²) >= 11 is 3.06. The number of nitrogens with zero attached hydrogens (tertiary/aromatic N) is 1. The summed E-state index contributed by atoms with van der Waals surface area (Å²) in [5.41, 5.74) is 7.06. The number of nitrogens with one attached hydrogen (secondary N) is 1. The third kappa shape index (κ3) is 4.29. The summed E-state index contributed by atoms with van der Waals surface area (Å²) in [6.07, 6.45) is 1.85. The fraction of sp³-hybridized carbons (Fsp3) is 0.550. The number of hydrogen-bond donors (Lipinski definition) is 3. The minimum absolute atomic E-state index is 0. The first kappa shape index (κ1) is 24.6. The fourth-order valence-electron chi connectivity index (χ4n) is 4.59. The number of fused-ring (bicyclic) bond motifs is 1. The Morgan fingerprint density at radius 3 is 2.68 bits per heavy atom. The van der Waals surface area contributed by atoms with Crippen LogP contribution in [0.1, 0.15) is 38.2 Å². The quantitative estimate of drug-likeness (QED) is 0.238. The Kier molecular flexibility index (Phi) is 7.17. The van der Waals surface area contributed by atoms with Crippen molar-refractivity contribution in [2.24, 2.45) is 0 Å². The van der Waals surface area contributed by atoms with E-state index in [-0.39, 0.29) is 46.5 Å². The molecule has 2 unspecified atom stereocenters. The molecule has 3 fully saturated rings. The van der Waals surface area contributed by atoms with Gasteiger partial charge in [0.05, 0.1) is 17.9 Å². The molecule has 0 radical (unpaired) electrons. The van der Waals surface area contributed by atoms with Gasteiger partial charge < -0.3 is 31.0 Å². The minimum atomic E-state index is -1.29. The van der Waals surface area contributed by atoms with Crippen molar-refractivity contribution in [1.82, 2.24) is 10.2 Å². The number of β-lactam (4-membered cyclic amide) rings is 1. The van der Waals surface area contributed by atoms with Crippen molar-refractivity contribution in [2.45, 2.75) is 60.1 Å². The van der Waals surface area contributed by atoms with E-state index < -0.39 is 40.0 Å². The third-order valence-corrected chi connectivity index (χ3v) is 9.02. The van der Waals surface area contributed by atoms with Crippen LogP contribution in [0.5, 0.6) is 5.75 Å². The molecule has 31 heavy (non-hydrogen) atoms. The maximum absolute atomic E-state index is 13.3. The smallest absolute Gasteiger partial charge is 0.548 e. The summed E-state index contributed by atoms with van der Waals surface area (Å²) < 4.78 is -0.708. The number of hydrogen-bond acceptors (Lipinski definition) is 8. The average molecular weight is 474 g/mol. The van der Waals surface area contributed by atoms with Crippen LogP contribution in [0.4, 0.5) is 5.69 Å². The van der Waals surface area contributed by atoms with Crippen molar-refractivity contribution in [3.63, 3.8) is 0 Å². The first-order valence-electron chi connectivity index (χ1n) is 9.83. The number of carboxylic acid groups (broad SMARTS) is 1. The second kappa shape index (κ2) is 9.05. The first-order chi connectivity index (χ1) is 14.1. The molecule has 0 saturated carbocycles. The second-order valence-electron chi connectivity index (χ2n) is 8.41. The van der Waals surface area contributed by atoms with E-state index in [0.29, 0.717) is 11.3 Å². The van der Waals surface area contributed by atoms with Gasteiger partial charge in [0.25, 0.3) is 0 Å². The van der Waals surface area contributed by atoms with Gasteiger partial charge >= 0.3 is 29.6 Å². The third-order valence-electron chi connectivity index (χ3n) is 5.99. The Labute approximate surface area is 211 Å². The van der Waals surface area contributed by atoms with Gasteiger partial charge in [0, 0.05) is 21.8 Å². The predicted molar refractivity (Wildman–Crippen MR) is 114 cm³/mol. The van der Waals surface area contributed by atoms with Gasteiger partial charge in [0.1, 0.15) is 17.2 Å². The van der Waals surface area contributed by atoms with Crippen molar-refractivity contribution < 1.29 is 54.2 Å². The van der Waals surface area contributed by atoms with Gasteiger partial charge in [0.15, 0.2) is 0 Å². The molecule has 0 aromatic heterocycles. The number of aromatic hydroxyl groups is 1. The van der Waals surface area contributed by atoms with Crippen molar-refractivity contribution in [2.75, 3.05) is 11.5 Å². The SMILES string of the molecule is CC1(C)S[C@@H]2[C@H](NC(=O)C(c3ccc(O)cc3N)C3CCCS3)C(=O)N2[C@H]1C(=O)[O-].[Na+]. The van der Waals surface area contributed by atoms with Crippen LogP contribution in [0.3, 0.4) is 0 Å². The van der Waals surface area contributed by atoms with Gasteiger partial charge in [0.2, 0.25) is 11.8 Å². The van der Waals surface area contributed by atoms with Gasteiger partial charge in [-0.3, -0.25) is 9.59 Å². The molecule has 5 atom stereocenters. The number of thioether (sulfide) groups is 2. The van der Waals surface area contributed by atoms with E-state index in [1.807, 2.05) is 0 Å². The summed E-state index contributed by atoms with van der Waals surface area (Å²) in [4.78, 5) is 38.9. The molecule has 4 N–H and O–H groups in total. The normalized spacial score (nSPS) is 29.5. The van der Waals surface area contributed by atoms with Crippen molar-refractivity contribution in [3.05, 3.63) is 23.8 Å². The molecule has 3 heterocycles. The van der Waals surface area contributed by atoms with Gasteiger partial charge in [-0.25, -0.2) is 0 Å². The number of amides is 2. The monoisotopic (exact) mass is 473 g/mol. The molecule has 3 saturated heterocycles. The standard InChI is InChI=1S/C20H25N3O5S2.Na/c1-20(2)15(19(27)28)23-17(26)14(18(23)30-20)22-16(25)13(12-4-3-7-29-12)10-6-5-9(24)8-11(10)21;/h5-6,8,12-15,18,24H,3-4,7,21H2,1-2H3,(H,22,25)(H,27,28);/q;+1/p-1/t12?,13?,14-,15+,18-;/m1./s1. The molecule has 3 aliphatic rings. The second-order valence-corrected chi connectivity index (χ2v) is 11.5. The Morgan fingerprint density at radius 1 is 1.39 bits per heavy atom. The zero-order valence-electron chi connectivity index (χ0n) is 17.7.